The van der Waals surface area contributed by atoms with Crippen LogP contribution in [0.1, 0.15) is 17.5 Å². The topological polar surface area (TPSA) is 84.9 Å². The third-order valence-corrected chi connectivity index (χ3v) is 7.26. The van der Waals surface area contributed by atoms with E-state index in [4.69, 9.17) is 21.1 Å². The molecular formula is C21H22ClF3N2O5S. The summed E-state index contributed by atoms with van der Waals surface area (Å²) < 4.78 is 76.7. The Bertz CT molecular complexity index is 1120. The van der Waals surface area contributed by atoms with Crippen molar-refractivity contribution < 1.29 is 35.9 Å². The van der Waals surface area contributed by atoms with Gasteiger partial charge in [0.25, 0.3) is 0 Å². The van der Waals surface area contributed by atoms with Gasteiger partial charge in [-0.15, -0.1) is 0 Å². The minimum Gasteiger partial charge on any atom is -0.496 e. The second kappa shape index (κ2) is 10.3. The molecule has 3 rings (SSSR count). The van der Waals surface area contributed by atoms with Crippen LogP contribution in [0, 0.1) is 0 Å². The Kier molecular flexibility index (Phi) is 7.88. The van der Waals surface area contributed by atoms with Crippen molar-refractivity contribution in [1.29, 1.82) is 0 Å². The minimum absolute atomic E-state index is 0.0488. The van der Waals surface area contributed by atoms with Crippen molar-refractivity contribution in [1.82, 2.24) is 4.31 Å². The molecule has 1 fully saturated rings. The van der Waals surface area contributed by atoms with Crippen LogP contribution in [-0.4, -0.2) is 52.0 Å². The largest absolute Gasteiger partial charge is 0.496 e. The number of ether oxygens (including phenoxy) is 2. The van der Waals surface area contributed by atoms with E-state index in [1.807, 2.05) is 0 Å². The number of aryl methyl sites for hydroxylation is 1. The number of hydrogen-bond donors (Lipinski definition) is 1. The fraction of sp³-hybridized carbons (Fsp3) is 0.381. The van der Waals surface area contributed by atoms with Crippen LogP contribution in [0.5, 0.6) is 5.75 Å². The average molecular weight is 507 g/mol. The molecule has 0 spiro atoms. The van der Waals surface area contributed by atoms with Gasteiger partial charge in [0.05, 0.1) is 35.8 Å². The number of anilines is 1. The molecule has 12 heteroatoms. The zero-order valence-electron chi connectivity index (χ0n) is 17.6. The monoisotopic (exact) mass is 506 g/mol. The van der Waals surface area contributed by atoms with E-state index in [2.05, 4.69) is 5.32 Å². The van der Waals surface area contributed by atoms with Crippen LogP contribution in [0.4, 0.5) is 18.9 Å². The van der Waals surface area contributed by atoms with Crippen molar-refractivity contribution in [2.45, 2.75) is 23.9 Å². The number of hydrogen-bond acceptors (Lipinski definition) is 5. The predicted molar refractivity (Wildman–Crippen MR) is 116 cm³/mol. The fourth-order valence-corrected chi connectivity index (χ4v) is 5.02. The summed E-state index contributed by atoms with van der Waals surface area (Å²) in [6.45, 7) is 1.10. The van der Waals surface area contributed by atoms with Gasteiger partial charge in [0.1, 0.15) is 5.75 Å². The van der Waals surface area contributed by atoms with E-state index in [9.17, 15) is 26.4 Å². The van der Waals surface area contributed by atoms with E-state index in [-0.39, 0.29) is 36.5 Å². The molecule has 1 amide bonds. The Labute approximate surface area is 194 Å². The molecule has 2 aromatic carbocycles. The van der Waals surface area contributed by atoms with E-state index in [1.165, 1.54) is 35.7 Å². The number of morpholine rings is 1. The molecule has 180 valence electrons. The number of amides is 1. The van der Waals surface area contributed by atoms with Gasteiger partial charge in [-0.25, -0.2) is 8.42 Å². The van der Waals surface area contributed by atoms with Crippen molar-refractivity contribution in [2.75, 3.05) is 38.7 Å². The number of nitrogens with one attached hydrogen (secondary N) is 1. The molecule has 1 heterocycles. The molecule has 1 saturated heterocycles. The number of rotatable bonds is 7. The van der Waals surface area contributed by atoms with Gasteiger partial charge in [0, 0.05) is 25.2 Å². The Morgan fingerprint density at radius 3 is 2.52 bits per heavy atom. The molecule has 1 aliphatic heterocycles. The summed E-state index contributed by atoms with van der Waals surface area (Å²) in [6, 6.07) is 7.47. The molecule has 33 heavy (non-hydrogen) atoms. The third-order valence-electron chi connectivity index (χ3n) is 5.04. The van der Waals surface area contributed by atoms with Gasteiger partial charge in [-0.3, -0.25) is 4.79 Å². The van der Waals surface area contributed by atoms with Crippen molar-refractivity contribution in [3.63, 3.8) is 0 Å². The standard InChI is InChI=1S/C21H22ClF3N2O5S/c1-31-19-6-4-16(33(29,30)27-8-10-32-11-9-27)12-14(19)2-7-20(28)26-15-3-5-18(22)17(13-15)21(23,24)25/h3-6,12-13H,2,7-11H2,1H3,(H,26,28). The summed E-state index contributed by atoms with van der Waals surface area (Å²) >= 11 is 5.59. The Balaban J connectivity index is 1.73. The lowest BCUT2D eigenvalue weighted by atomic mass is 10.1. The van der Waals surface area contributed by atoms with Gasteiger partial charge in [0.15, 0.2) is 0 Å². The van der Waals surface area contributed by atoms with Gasteiger partial charge in [-0.05, 0) is 48.4 Å². The van der Waals surface area contributed by atoms with E-state index >= 15 is 0 Å². The average Bonchev–Trinajstić information content (AvgIpc) is 2.78. The van der Waals surface area contributed by atoms with Gasteiger partial charge < -0.3 is 14.8 Å². The lowest BCUT2D eigenvalue weighted by Gasteiger charge is -2.26. The van der Waals surface area contributed by atoms with Gasteiger partial charge in [0.2, 0.25) is 15.9 Å². The number of alkyl halides is 3. The first kappa shape index (κ1) is 25.3. The molecule has 0 atom stereocenters. The second-order valence-electron chi connectivity index (χ2n) is 7.23. The van der Waals surface area contributed by atoms with Crippen molar-refractivity contribution in [3.8, 4) is 5.75 Å². The maximum atomic E-state index is 13.0. The van der Waals surface area contributed by atoms with E-state index in [0.29, 0.717) is 24.5 Å². The molecule has 0 aliphatic carbocycles. The number of halogens is 4. The van der Waals surface area contributed by atoms with Crippen LogP contribution in [0.2, 0.25) is 5.02 Å². The number of carbonyl (C=O) groups excluding carboxylic acids is 1. The Morgan fingerprint density at radius 1 is 1.18 bits per heavy atom. The zero-order chi connectivity index (χ0) is 24.2. The smallest absolute Gasteiger partial charge is 0.417 e. The maximum Gasteiger partial charge on any atom is 0.417 e. The van der Waals surface area contributed by atoms with Crippen LogP contribution in [0.15, 0.2) is 41.3 Å². The van der Waals surface area contributed by atoms with Crippen LogP contribution in [-0.2, 0) is 32.2 Å². The quantitative estimate of drug-likeness (QED) is 0.614. The number of sulfonamides is 1. The maximum absolute atomic E-state index is 13.0. The van der Waals surface area contributed by atoms with Crippen LogP contribution >= 0.6 is 11.6 Å². The third kappa shape index (κ3) is 6.17. The van der Waals surface area contributed by atoms with Gasteiger partial charge in [-0.1, -0.05) is 11.6 Å². The van der Waals surface area contributed by atoms with E-state index in [1.54, 1.807) is 0 Å². The van der Waals surface area contributed by atoms with Crippen molar-refractivity contribution in [3.05, 3.63) is 52.5 Å². The summed E-state index contributed by atoms with van der Waals surface area (Å²) in [4.78, 5) is 12.4. The summed E-state index contributed by atoms with van der Waals surface area (Å²) in [6.07, 6.45) is -4.65. The number of methoxy groups -OCH3 is 1. The first-order valence-corrected chi connectivity index (χ1v) is 11.8. The lowest BCUT2D eigenvalue weighted by Crippen LogP contribution is -2.40. The molecule has 0 bridgehead atoms. The van der Waals surface area contributed by atoms with Crippen molar-refractivity contribution in [2.24, 2.45) is 0 Å². The van der Waals surface area contributed by atoms with E-state index in [0.717, 1.165) is 12.1 Å². The Morgan fingerprint density at radius 2 is 1.88 bits per heavy atom. The second-order valence-corrected chi connectivity index (χ2v) is 9.58. The highest BCUT2D eigenvalue weighted by atomic mass is 35.5. The molecule has 0 radical (unpaired) electrons. The van der Waals surface area contributed by atoms with Crippen LogP contribution in [0.25, 0.3) is 0 Å². The number of nitrogens with zero attached hydrogens (tertiary/aromatic N) is 1. The lowest BCUT2D eigenvalue weighted by molar-refractivity contribution is -0.137. The normalized spacial score (nSPS) is 15.3. The van der Waals surface area contributed by atoms with E-state index < -0.39 is 32.7 Å². The summed E-state index contributed by atoms with van der Waals surface area (Å²) in [5.74, 6) is -0.150. The summed E-state index contributed by atoms with van der Waals surface area (Å²) in [5.41, 5.74) is -0.619. The van der Waals surface area contributed by atoms with Gasteiger partial charge >= 0.3 is 6.18 Å². The molecule has 0 aromatic heterocycles. The fourth-order valence-electron chi connectivity index (χ4n) is 3.34. The molecule has 0 unspecified atom stereocenters. The number of carbonyl (C=O) groups is 1. The van der Waals surface area contributed by atoms with Crippen molar-refractivity contribution >= 4 is 33.2 Å². The molecule has 2 aromatic rings. The Hall–Kier alpha value is -2.34. The zero-order valence-corrected chi connectivity index (χ0v) is 19.2. The molecule has 0 saturated carbocycles. The van der Waals surface area contributed by atoms with Crippen LogP contribution in [0.3, 0.4) is 0 Å². The molecule has 1 aliphatic rings. The highest BCUT2D eigenvalue weighted by molar-refractivity contribution is 7.89. The van der Waals surface area contributed by atoms with Crippen LogP contribution < -0.4 is 10.1 Å². The first-order chi connectivity index (χ1) is 15.5. The molecular weight excluding hydrogens is 485 g/mol. The predicted octanol–water partition coefficient (Wildman–Crippen LogP) is 3.96. The summed E-state index contributed by atoms with van der Waals surface area (Å²) in [5, 5.41) is 1.94. The summed E-state index contributed by atoms with van der Waals surface area (Å²) in [7, 11) is -2.32. The minimum atomic E-state index is -4.66. The van der Waals surface area contributed by atoms with Gasteiger partial charge in [-0.2, -0.15) is 17.5 Å². The molecule has 7 nitrogen and oxygen atoms in total. The highest BCUT2D eigenvalue weighted by Crippen LogP contribution is 2.36. The highest BCUT2D eigenvalue weighted by Gasteiger charge is 2.33. The SMILES string of the molecule is COc1ccc(S(=O)(=O)N2CCOCC2)cc1CCC(=O)Nc1ccc(Cl)c(C(F)(F)F)c1. The first-order valence-electron chi connectivity index (χ1n) is 9.94. The number of benzene rings is 2. The molecule has 1 N–H and O–H groups in total.